The molecule has 1 aliphatic heterocycles. The van der Waals surface area contributed by atoms with Crippen molar-refractivity contribution in [3.8, 4) is 11.3 Å². The van der Waals surface area contributed by atoms with Crippen molar-refractivity contribution in [3.63, 3.8) is 0 Å². The molecule has 0 unspecified atom stereocenters. The number of hydrogen-bond donors (Lipinski definition) is 2. The number of imidazole rings is 1. The number of likely N-dealkylation sites (tertiary alicyclic amines) is 1. The van der Waals surface area contributed by atoms with E-state index in [4.69, 9.17) is 48.8 Å². The maximum Gasteiger partial charge on any atom is 0.284 e. The summed E-state index contributed by atoms with van der Waals surface area (Å²) < 4.78 is 13.3. The van der Waals surface area contributed by atoms with Gasteiger partial charge in [0.25, 0.3) is 5.91 Å². The summed E-state index contributed by atoms with van der Waals surface area (Å²) in [6.07, 6.45) is 3.08. The van der Waals surface area contributed by atoms with Crippen LogP contribution < -0.4 is 11.5 Å². The Hall–Kier alpha value is -3.37. The second-order valence-corrected chi connectivity index (χ2v) is 11.7. The summed E-state index contributed by atoms with van der Waals surface area (Å²) in [6.45, 7) is 2.72. The quantitative estimate of drug-likeness (QED) is 0.218. The number of benzene rings is 2. The van der Waals surface area contributed by atoms with E-state index in [1.165, 1.54) is 0 Å². The molecule has 222 valence electrons. The fraction of sp³-hybridized carbons (Fsp3) is 0.387. The van der Waals surface area contributed by atoms with Gasteiger partial charge in [-0.05, 0) is 62.1 Å². The van der Waals surface area contributed by atoms with Gasteiger partial charge in [-0.2, -0.15) is 0 Å². The van der Waals surface area contributed by atoms with E-state index in [1.807, 2.05) is 23.1 Å². The number of aromatic nitrogens is 2. The van der Waals surface area contributed by atoms with Gasteiger partial charge in [0.1, 0.15) is 11.6 Å². The molecule has 2 aromatic carbocycles. The van der Waals surface area contributed by atoms with Gasteiger partial charge in [-0.1, -0.05) is 35.3 Å². The van der Waals surface area contributed by atoms with Gasteiger partial charge in [0, 0.05) is 72.9 Å². The lowest BCUT2D eigenvalue weighted by molar-refractivity contribution is -0.132. The van der Waals surface area contributed by atoms with Crippen LogP contribution in [0.2, 0.25) is 10.0 Å². The fourth-order valence-corrected chi connectivity index (χ4v) is 6.28. The number of nitrogens with zero attached hydrogens (tertiary/aromatic N) is 3. The van der Waals surface area contributed by atoms with Crippen molar-refractivity contribution >= 4 is 46.0 Å². The lowest BCUT2D eigenvalue weighted by atomic mass is 9.96. The highest BCUT2D eigenvalue weighted by Crippen LogP contribution is 2.32. The number of carbonyl (C=O) groups excluding carboxylic acids is 2. The molecular formula is C31H35Cl2N5O4. The highest BCUT2D eigenvalue weighted by molar-refractivity contribution is 6.35. The van der Waals surface area contributed by atoms with E-state index in [2.05, 4.69) is 10.6 Å². The van der Waals surface area contributed by atoms with Crippen molar-refractivity contribution in [1.29, 1.82) is 0 Å². The van der Waals surface area contributed by atoms with Crippen molar-refractivity contribution in [2.45, 2.75) is 50.6 Å². The van der Waals surface area contributed by atoms with Crippen LogP contribution in [-0.4, -0.2) is 59.1 Å². The van der Waals surface area contributed by atoms with Crippen LogP contribution in [0.15, 0.2) is 52.9 Å². The Morgan fingerprint density at radius 2 is 1.93 bits per heavy atom. The van der Waals surface area contributed by atoms with Crippen molar-refractivity contribution < 1.29 is 18.7 Å². The van der Waals surface area contributed by atoms with Gasteiger partial charge in [0.15, 0.2) is 5.76 Å². The number of rotatable bonds is 11. The van der Waals surface area contributed by atoms with E-state index < -0.39 is 11.9 Å². The third-order valence-corrected chi connectivity index (χ3v) is 8.09. The minimum atomic E-state index is -0.713. The molecular weight excluding hydrogens is 577 g/mol. The van der Waals surface area contributed by atoms with Gasteiger partial charge in [0.05, 0.1) is 11.0 Å². The summed E-state index contributed by atoms with van der Waals surface area (Å²) in [5, 5.41) is 0.868. The van der Waals surface area contributed by atoms with Gasteiger partial charge >= 0.3 is 0 Å². The van der Waals surface area contributed by atoms with Crippen LogP contribution in [0, 0.1) is 0 Å². The first-order chi connectivity index (χ1) is 20.2. The topological polar surface area (TPSA) is 130 Å². The predicted molar refractivity (Wildman–Crippen MR) is 164 cm³/mol. The molecule has 0 aliphatic carbocycles. The third kappa shape index (κ3) is 6.81. The Bertz CT molecular complexity index is 1560. The Morgan fingerprint density at radius 3 is 2.67 bits per heavy atom. The standard InChI is InChI=1S/C31H35Cl2N5O4/c1-41-11-5-10-38-26-8-3-2-7-25(26)36-31(38)19-6-4-9-37(18-19)28(39)17-24(34)14-21-15-27(42-29(21)30(35)40)20-12-22(32)16-23(33)13-20/h2-3,7-8,12-13,15-16,19,24H,4-6,9-11,14,17-18,34H2,1H3,(H2,35,40)/t19-,24+/m1/s1. The van der Waals surface area contributed by atoms with Gasteiger partial charge in [-0.15, -0.1) is 0 Å². The molecule has 4 aromatic rings. The minimum Gasteiger partial charge on any atom is -0.451 e. The van der Waals surface area contributed by atoms with Crippen LogP contribution in [0.3, 0.4) is 0 Å². The van der Waals surface area contributed by atoms with Gasteiger partial charge in [0.2, 0.25) is 5.91 Å². The summed E-state index contributed by atoms with van der Waals surface area (Å²) in [5.41, 5.74) is 15.3. The van der Waals surface area contributed by atoms with E-state index in [0.29, 0.717) is 46.6 Å². The van der Waals surface area contributed by atoms with Gasteiger partial charge < -0.3 is 30.1 Å². The average Bonchev–Trinajstić information content (AvgIpc) is 3.55. The molecule has 1 aliphatic rings. The van der Waals surface area contributed by atoms with Crippen molar-refractivity contribution in [2.24, 2.45) is 11.5 Å². The minimum absolute atomic E-state index is 0.00871. The number of ether oxygens (including phenoxy) is 1. The predicted octanol–water partition coefficient (Wildman–Crippen LogP) is 5.40. The zero-order chi connectivity index (χ0) is 29.8. The number of nitrogens with two attached hydrogens (primary N) is 2. The first-order valence-electron chi connectivity index (χ1n) is 14.1. The van der Waals surface area contributed by atoms with Crippen LogP contribution in [0.25, 0.3) is 22.4 Å². The van der Waals surface area contributed by atoms with Crippen LogP contribution in [0.5, 0.6) is 0 Å². The SMILES string of the molecule is COCCCn1c([C@@H]2CCCN(C(=O)C[C@@H](N)Cc3cc(-c4cc(Cl)cc(Cl)c4)oc3C(N)=O)C2)nc2ccccc21. The Balaban J connectivity index is 1.28. The summed E-state index contributed by atoms with van der Waals surface area (Å²) >= 11 is 12.3. The second kappa shape index (κ2) is 13.3. The van der Waals surface area contributed by atoms with E-state index in [9.17, 15) is 9.59 Å². The molecule has 0 radical (unpaired) electrons. The van der Waals surface area contributed by atoms with Crippen molar-refractivity contribution in [1.82, 2.24) is 14.5 Å². The molecule has 1 saturated heterocycles. The molecule has 0 saturated carbocycles. The van der Waals surface area contributed by atoms with Crippen LogP contribution >= 0.6 is 23.2 Å². The number of fused-ring (bicyclic) bond motifs is 1. The molecule has 9 nitrogen and oxygen atoms in total. The summed E-state index contributed by atoms with van der Waals surface area (Å²) in [6, 6.07) is 14.3. The monoisotopic (exact) mass is 611 g/mol. The molecule has 5 rings (SSSR count). The van der Waals surface area contributed by atoms with E-state index >= 15 is 0 Å². The number of primary amides is 1. The number of aryl methyl sites for hydroxylation is 1. The molecule has 42 heavy (non-hydrogen) atoms. The van der Waals surface area contributed by atoms with E-state index in [-0.39, 0.29) is 30.4 Å². The van der Waals surface area contributed by atoms with Crippen molar-refractivity contribution in [2.75, 3.05) is 26.8 Å². The van der Waals surface area contributed by atoms with Crippen molar-refractivity contribution in [3.05, 3.63) is 75.7 Å². The lowest BCUT2D eigenvalue weighted by Crippen LogP contribution is -2.42. The number of furan rings is 1. The molecule has 11 heteroatoms. The Labute approximate surface area is 254 Å². The maximum absolute atomic E-state index is 13.4. The molecule has 1 fully saturated rings. The molecule has 0 spiro atoms. The zero-order valence-electron chi connectivity index (χ0n) is 23.5. The number of hydrogen-bond acceptors (Lipinski definition) is 6. The van der Waals surface area contributed by atoms with E-state index in [1.54, 1.807) is 31.4 Å². The highest BCUT2D eigenvalue weighted by atomic mass is 35.5. The van der Waals surface area contributed by atoms with Gasteiger partial charge in [-0.25, -0.2) is 4.98 Å². The Morgan fingerprint density at radius 1 is 1.17 bits per heavy atom. The van der Waals surface area contributed by atoms with Crippen LogP contribution in [0.4, 0.5) is 0 Å². The summed E-state index contributed by atoms with van der Waals surface area (Å²) in [4.78, 5) is 32.4. The molecule has 2 atom stereocenters. The first kappa shape index (κ1) is 30.1. The molecule has 2 aromatic heterocycles. The summed E-state index contributed by atoms with van der Waals surface area (Å²) in [7, 11) is 1.71. The molecule has 0 bridgehead atoms. The fourth-order valence-electron chi connectivity index (χ4n) is 5.76. The first-order valence-corrected chi connectivity index (χ1v) is 14.9. The van der Waals surface area contributed by atoms with Crippen LogP contribution in [0.1, 0.15) is 53.5 Å². The Kier molecular flexibility index (Phi) is 9.53. The largest absolute Gasteiger partial charge is 0.451 e. The zero-order valence-corrected chi connectivity index (χ0v) is 25.0. The normalized spacial score (nSPS) is 16.2. The number of para-hydroxylation sites is 2. The summed E-state index contributed by atoms with van der Waals surface area (Å²) in [5.74, 6) is 0.794. The third-order valence-electron chi connectivity index (χ3n) is 7.65. The average molecular weight is 613 g/mol. The highest BCUT2D eigenvalue weighted by Gasteiger charge is 2.30. The van der Waals surface area contributed by atoms with E-state index in [0.717, 1.165) is 42.7 Å². The molecule has 2 amide bonds. The molecule has 3 heterocycles. The lowest BCUT2D eigenvalue weighted by Gasteiger charge is -2.33. The number of amides is 2. The number of piperidine rings is 1. The second-order valence-electron chi connectivity index (χ2n) is 10.8. The number of methoxy groups -OCH3 is 1. The maximum atomic E-state index is 13.4. The number of carbonyl (C=O) groups is 2. The molecule has 4 N–H and O–H groups in total. The smallest absolute Gasteiger partial charge is 0.284 e. The number of halogens is 2. The van der Waals surface area contributed by atoms with Gasteiger partial charge in [-0.3, -0.25) is 9.59 Å². The van der Waals surface area contributed by atoms with Crippen LogP contribution in [-0.2, 0) is 22.5 Å².